The van der Waals surface area contributed by atoms with Gasteiger partial charge in [-0.15, -0.1) is 0 Å². The van der Waals surface area contributed by atoms with Crippen LogP contribution in [0.2, 0.25) is 0 Å². The van der Waals surface area contributed by atoms with E-state index >= 15 is 0 Å². The highest BCUT2D eigenvalue weighted by Crippen LogP contribution is 2.24. The van der Waals surface area contributed by atoms with Gasteiger partial charge in [0.2, 0.25) is 0 Å². The van der Waals surface area contributed by atoms with E-state index < -0.39 is 6.10 Å². The molecule has 3 heteroatoms. The van der Waals surface area contributed by atoms with Crippen molar-refractivity contribution < 1.29 is 9.53 Å². The topological polar surface area (TPSA) is 38.3 Å². The van der Waals surface area contributed by atoms with Gasteiger partial charge in [0.15, 0.2) is 6.10 Å². The summed E-state index contributed by atoms with van der Waals surface area (Å²) in [5.41, 5.74) is 4.36. The van der Waals surface area contributed by atoms with Crippen molar-refractivity contribution >= 4 is 11.6 Å². The molecule has 1 atom stereocenters. The lowest BCUT2D eigenvalue weighted by molar-refractivity contribution is -0.122. The van der Waals surface area contributed by atoms with Crippen molar-refractivity contribution in [3.63, 3.8) is 0 Å². The van der Waals surface area contributed by atoms with E-state index in [0.717, 1.165) is 22.6 Å². The summed E-state index contributed by atoms with van der Waals surface area (Å²) in [6.45, 7) is 12.3. The van der Waals surface area contributed by atoms with Crippen molar-refractivity contribution in [3.05, 3.63) is 59.2 Å². The molecule has 0 aromatic heterocycles. The molecule has 2 rings (SSSR count). The summed E-state index contributed by atoms with van der Waals surface area (Å²) in [6.07, 6.45) is -0.562. The quantitative estimate of drug-likeness (QED) is 0.858. The maximum absolute atomic E-state index is 12.3. The van der Waals surface area contributed by atoms with Gasteiger partial charge in [-0.1, -0.05) is 39.0 Å². The summed E-state index contributed by atoms with van der Waals surface area (Å²) < 4.78 is 5.78. The summed E-state index contributed by atoms with van der Waals surface area (Å²) in [7, 11) is 0. The molecular weight excluding hydrogens is 298 g/mol. The SMILES string of the molecule is Cc1cc(C)cc(OC(C)C(=O)Nc2ccc(C(C)(C)C)cc2)c1. The highest BCUT2D eigenvalue weighted by atomic mass is 16.5. The molecular formula is C21H27NO2. The Balaban J connectivity index is 2.01. The number of anilines is 1. The third-order valence-corrected chi connectivity index (χ3v) is 3.90. The van der Waals surface area contributed by atoms with Crippen LogP contribution in [0.1, 0.15) is 44.4 Å². The molecule has 2 aromatic rings. The largest absolute Gasteiger partial charge is 0.481 e. The zero-order valence-electron chi connectivity index (χ0n) is 15.4. The summed E-state index contributed by atoms with van der Waals surface area (Å²) in [6, 6.07) is 13.9. The van der Waals surface area contributed by atoms with E-state index in [2.05, 4.69) is 32.2 Å². The summed E-state index contributed by atoms with van der Waals surface area (Å²) in [5.74, 6) is 0.566. The van der Waals surface area contributed by atoms with Gasteiger partial charge < -0.3 is 10.1 Å². The maximum atomic E-state index is 12.3. The Kier molecular flexibility index (Phi) is 5.33. The minimum atomic E-state index is -0.562. The molecule has 1 N–H and O–H groups in total. The third kappa shape index (κ3) is 4.85. The molecule has 0 saturated carbocycles. The molecule has 24 heavy (non-hydrogen) atoms. The second kappa shape index (κ2) is 7.08. The fraction of sp³-hybridized carbons (Fsp3) is 0.381. The van der Waals surface area contributed by atoms with Gasteiger partial charge in [0.05, 0.1) is 0 Å². The van der Waals surface area contributed by atoms with E-state index in [0.29, 0.717) is 0 Å². The number of carbonyl (C=O) groups is 1. The summed E-state index contributed by atoms with van der Waals surface area (Å²) >= 11 is 0. The van der Waals surface area contributed by atoms with Gasteiger partial charge in [-0.05, 0) is 67.1 Å². The standard InChI is InChI=1S/C21H27NO2/c1-14-11-15(2)13-19(12-14)24-16(3)20(23)22-18-9-7-17(8-10-18)21(4,5)6/h7-13,16H,1-6H3,(H,22,23). The van der Waals surface area contributed by atoms with Crippen molar-refractivity contribution in [3.8, 4) is 5.75 Å². The van der Waals surface area contributed by atoms with Crippen LogP contribution in [0.4, 0.5) is 5.69 Å². The number of nitrogens with one attached hydrogen (secondary N) is 1. The van der Waals surface area contributed by atoms with Crippen LogP contribution in [0.15, 0.2) is 42.5 Å². The monoisotopic (exact) mass is 325 g/mol. The van der Waals surface area contributed by atoms with Crippen LogP contribution in [0.3, 0.4) is 0 Å². The van der Waals surface area contributed by atoms with Crippen molar-refractivity contribution in [2.75, 3.05) is 5.32 Å². The number of hydrogen-bond acceptors (Lipinski definition) is 2. The molecule has 0 spiro atoms. The number of ether oxygens (including phenoxy) is 1. The number of amides is 1. The zero-order chi connectivity index (χ0) is 17.9. The lowest BCUT2D eigenvalue weighted by Gasteiger charge is -2.20. The van der Waals surface area contributed by atoms with Gasteiger partial charge in [-0.25, -0.2) is 0 Å². The van der Waals surface area contributed by atoms with E-state index in [4.69, 9.17) is 4.74 Å². The van der Waals surface area contributed by atoms with Crippen molar-refractivity contribution in [1.29, 1.82) is 0 Å². The van der Waals surface area contributed by atoms with Gasteiger partial charge in [0, 0.05) is 5.69 Å². The Morgan fingerprint density at radius 2 is 1.54 bits per heavy atom. The average molecular weight is 325 g/mol. The highest BCUT2D eigenvalue weighted by Gasteiger charge is 2.16. The van der Waals surface area contributed by atoms with Crippen molar-refractivity contribution in [2.45, 2.75) is 53.1 Å². The van der Waals surface area contributed by atoms with Crippen LogP contribution in [-0.4, -0.2) is 12.0 Å². The van der Waals surface area contributed by atoms with Crippen molar-refractivity contribution in [1.82, 2.24) is 0 Å². The molecule has 128 valence electrons. The Bertz CT molecular complexity index is 691. The molecule has 2 aromatic carbocycles. The molecule has 0 radical (unpaired) electrons. The highest BCUT2D eigenvalue weighted by molar-refractivity contribution is 5.94. The molecule has 3 nitrogen and oxygen atoms in total. The Hall–Kier alpha value is -2.29. The Morgan fingerprint density at radius 3 is 2.04 bits per heavy atom. The van der Waals surface area contributed by atoms with Crippen molar-refractivity contribution in [2.24, 2.45) is 0 Å². The van der Waals surface area contributed by atoms with Gasteiger partial charge >= 0.3 is 0 Å². The number of hydrogen-bond donors (Lipinski definition) is 1. The van der Waals surface area contributed by atoms with Crippen LogP contribution < -0.4 is 10.1 Å². The zero-order valence-corrected chi connectivity index (χ0v) is 15.4. The molecule has 0 fully saturated rings. The van der Waals surface area contributed by atoms with E-state index in [9.17, 15) is 4.79 Å². The summed E-state index contributed by atoms with van der Waals surface area (Å²) in [5, 5.41) is 2.91. The number of rotatable bonds is 4. The minimum Gasteiger partial charge on any atom is -0.481 e. The first-order valence-corrected chi connectivity index (χ1v) is 8.31. The second-order valence-corrected chi connectivity index (χ2v) is 7.40. The number of carbonyl (C=O) groups excluding carboxylic acids is 1. The normalized spacial score (nSPS) is 12.6. The Labute approximate surface area is 145 Å². The number of aryl methyl sites for hydroxylation is 2. The van der Waals surface area contributed by atoms with E-state index in [1.54, 1.807) is 6.92 Å². The molecule has 1 amide bonds. The van der Waals surface area contributed by atoms with Crippen LogP contribution >= 0.6 is 0 Å². The van der Waals surface area contributed by atoms with Gasteiger partial charge in [0.25, 0.3) is 5.91 Å². The van der Waals surface area contributed by atoms with E-state index in [1.807, 2.05) is 50.2 Å². The van der Waals surface area contributed by atoms with E-state index in [1.165, 1.54) is 5.56 Å². The second-order valence-electron chi connectivity index (χ2n) is 7.40. The van der Waals surface area contributed by atoms with Crippen LogP contribution in [-0.2, 0) is 10.2 Å². The molecule has 0 aliphatic carbocycles. The predicted molar refractivity (Wildman–Crippen MR) is 99.8 cm³/mol. The average Bonchev–Trinajstić information content (AvgIpc) is 2.45. The van der Waals surface area contributed by atoms with Crippen LogP contribution in [0.25, 0.3) is 0 Å². The fourth-order valence-electron chi connectivity index (χ4n) is 2.56. The summed E-state index contributed by atoms with van der Waals surface area (Å²) in [4.78, 5) is 12.3. The lowest BCUT2D eigenvalue weighted by Crippen LogP contribution is -2.30. The first-order chi connectivity index (χ1) is 11.1. The smallest absolute Gasteiger partial charge is 0.265 e. The van der Waals surface area contributed by atoms with Crippen LogP contribution in [0, 0.1) is 13.8 Å². The molecule has 0 aliphatic heterocycles. The predicted octanol–water partition coefficient (Wildman–Crippen LogP) is 5.01. The molecule has 1 unspecified atom stereocenters. The van der Waals surface area contributed by atoms with Gasteiger partial charge in [0.1, 0.15) is 5.75 Å². The maximum Gasteiger partial charge on any atom is 0.265 e. The van der Waals surface area contributed by atoms with Gasteiger partial charge in [-0.3, -0.25) is 4.79 Å². The first-order valence-electron chi connectivity index (χ1n) is 8.31. The molecule has 0 aliphatic rings. The molecule has 0 heterocycles. The number of benzene rings is 2. The fourth-order valence-corrected chi connectivity index (χ4v) is 2.56. The third-order valence-electron chi connectivity index (χ3n) is 3.90. The molecule has 0 saturated heterocycles. The first kappa shape index (κ1) is 18.1. The van der Waals surface area contributed by atoms with E-state index in [-0.39, 0.29) is 11.3 Å². The minimum absolute atomic E-state index is 0.0992. The lowest BCUT2D eigenvalue weighted by atomic mass is 9.87. The van der Waals surface area contributed by atoms with Gasteiger partial charge in [-0.2, -0.15) is 0 Å². The Morgan fingerprint density at radius 1 is 1.00 bits per heavy atom. The van der Waals surface area contributed by atoms with Crippen LogP contribution in [0.5, 0.6) is 5.75 Å². The molecule has 0 bridgehead atoms.